The number of nitrogens with zero attached hydrogens (tertiary/aromatic N) is 1. The van der Waals surface area contributed by atoms with Crippen molar-refractivity contribution in [2.45, 2.75) is 6.92 Å². The highest BCUT2D eigenvalue weighted by molar-refractivity contribution is 5.82. The molecule has 0 saturated heterocycles. The Morgan fingerprint density at radius 3 is 2.26 bits per heavy atom. The van der Waals surface area contributed by atoms with Gasteiger partial charge in [-0.15, -0.1) is 0 Å². The minimum Gasteiger partial charge on any atom is -0.248 e. The lowest BCUT2D eigenvalue weighted by atomic mass is 10.0. The van der Waals surface area contributed by atoms with Gasteiger partial charge in [-0.3, -0.25) is 0 Å². The summed E-state index contributed by atoms with van der Waals surface area (Å²) < 4.78 is 0. The summed E-state index contributed by atoms with van der Waals surface area (Å²) in [7, 11) is 0. The highest BCUT2D eigenvalue weighted by atomic mass is 14.7. The summed E-state index contributed by atoms with van der Waals surface area (Å²) in [6, 6.07) is 29.7. The van der Waals surface area contributed by atoms with Gasteiger partial charge in [0.2, 0.25) is 0 Å². The first-order chi connectivity index (χ1) is 11.3. The molecule has 0 aliphatic carbocycles. The Morgan fingerprint density at radius 2 is 1.39 bits per heavy atom. The molecule has 1 nitrogen and oxygen atoms in total. The number of pyridine rings is 1. The van der Waals surface area contributed by atoms with Gasteiger partial charge in [0, 0.05) is 10.9 Å². The molecule has 0 bridgehead atoms. The minimum absolute atomic E-state index is 1.01. The zero-order valence-electron chi connectivity index (χ0n) is 13.0. The predicted molar refractivity (Wildman–Crippen MR) is 97.4 cm³/mol. The smallest absolute Gasteiger partial charge is 0.0709 e. The Hall–Kier alpha value is -2.93. The number of benzene rings is 3. The molecule has 0 aliphatic heterocycles. The third kappa shape index (κ3) is 2.74. The number of hydrogen-bond donors (Lipinski definition) is 0. The van der Waals surface area contributed by atoms with Crippen molar-refractivity contribution in [2.75, 3.05) is 0 Å². The molecule has 1 heterocycles. The van der Waals surface area contributed by atoms with Crippen LogP contribution in [0.5, 0.6) is 0 Å². The molecule has 4 rings (SSSR count). The lowest BCUT2D eigenvalue weighted by molar-refractivity contribution is 1.40. The Bertz CT molecular complexity index is 968. The monoisotopic (exact) mass is 295 g/mol. The summed E-state index contributed by atoms with van der Waals surface area (Å²) in [4.78, 5) is 4.79. The second-order valence-electron chi connectivity index (χ2n) is 5.84. The average Bonchev–Trinajstić information content (AvgIpc) is 2.62. The lowest BCUT2D eigenvalue weighted by Gasteiger charge is -2.07. The predicted octanol–water partition coefficient (Wildman–Crippen LogP) is 5.88. The highest BCUT2D eigenvalue weighted by Crippen LogP contribution is 2.26. The number of hydrogen-bond acceptors (Lipinski definition) is 1. The van der Waals surface area contributed by atoms with Gasteiger partial charge >= 0.3 is 0 Å². The van der Waals surface area contributed by atoms with Crippen molar-refractivity contribution in [1.82, 2.24) is 4.98 Å². The van der Waals surface area contributed by atoms with Gasteiger partial charge in [-0.05, 0) is 36.2 Å². The molecule has 0 saturated carbocycles. The van der Waals surface area contributed by atoms with E-state index in [0.29, 0.717) is 0 Å². The van der Waals surface area contributed by atoms with Gasteiger partial charge in [-0.2, -0.15) is 0 Å². The molecular weight excluding hydrogens is 278 g/mol. The maximum absolute atomic E-state index is 4.79. The average molecular weight is 295 g/mol. The van der Waals surface area contributed by atoms with E-state index < -0.39 is 0 Å². The van der Waals surface area contributed by atoms with Crippen LogP contribution >= 0.6 is 0 Å². The Kier molecular flexibility index (Phi) is 3.39. The van der Waals surface area contributed by atoms with Gasteiger partial charge in [0.1, 0.15) is 0 Å². The molecule has 0 aliphatic rings. The van der Waals surface area contributed by atoms with Crippen LogP contribution in [0.15, 0.2) is 84.9 Å². The van der Waals surface area contributed by atoms with Crippen LogP contribution in [-0.4, -0.2) is 4.98 Å². The van der Waals surface area contributed by atoms with Crippen LogP contribution in [0.4, 0.5) is 0 Å². The molecule has 0 radical (unpaired) electrons. The molecule has 110 valence electrons. The molecule has 3 aromatic carbocycles. The van der Waals surface area contributed by atoms with E-state index in [2.05, 4.69) is 79.7 Å². The number of para-hydroxylation sites is 1. The van der Waals surface area contributed by atoms with E-state index in [4.69, 9.17) is 4.98 Å². The third-order valence-electron chi connectivity index (χ3n) is 4.14. The van der Waals surface area contributed by atoms with E-state index in [9.17, 15) is 0 Å². The second-order valence-corrected chi connectivity index (χ2v) is 5.84. The molecule has 0 spiro atoms. The molecule has 23 heavy (non-hydrogen) atoms. The van der Waals surface area contributed by atoms with E-state index in [1.165, 1.54) is 22.1 Å². The summed E-state index contributed by atoms with van der Waals surface area (Å²) in [5.41, 5.74) is 6.93. The van der Waals surface area contributed by atoms with Gasteiger partial charge in [-0.25, -0.2) is 4.98 Å². The van der Waals surface area contributed by atoms with Crippen molar-refractivity contribution < 1.29 is 0 Å². The molecule has 1 heteroatoms. The maximum atomic E-state index is 4.79. The SMILES string of the molecule is Cc1ccc(-c2cccc(-c3ccc4ccccc4n3)c2)cc1. The van der Waals surface area contributed by atoms with Crippen molar-refractivity contribution in [2.24, 2.45) is 0 Å². The summed E-state index contributed by atoms with van der Waals surface area (Å²) in [5, 5.41) is 1.17. The van der Waals surface area contributed by atoms with Crippen LogP contribution in [0.2, 0.25) is 0 Å². The van der Waals surface area contributed by atoms with Crippen molar-refractivity contribution in [3.05, 3.63) is 90.5 Å². The Morgan fingerprint density at radius 1 is 0.609 bits per heavy atom. The van der Waals surface area contributed by atoms with Gasteiger partial charge in [0.15, 0.2) is 0 Å². The molecule has 0 N–H and O–H groups in total. The maximum Gasteiger partial charge on any atom is 0.0709 e. The minimum atomic E-state index is 1.01. The van der Waals surface area contributed by atoms with Crippen molar-refractivity contribution in [3.8, 4) is 22.4 Å². The third-order valence-corrected chi connectivity index (χ3v) is 4.14. The fourth-order valence-electron chi connectivity index (χ4n) is 2.83. The van der Waals surface area contributed by atoms with Crippen LogP contribution in [0.25, 0.3) is 33.3 Å². The van der Waals surface area contributed by atoms with Crippen LogP contribution in [0, 0.1) is 6.92 Å². The first-order valence-corrected chi connectivity index (χ1v) is 7.83. The van der Waals surface area contributed by atoms with Crippen LogP contribution in [0.1, 0.15) is 5.56 Å². The second kappa shape index (κ2) is 5.69. The molecular formula is C22H17N. The fraction of sp³-hybridized carbons (Fsp3) is 0.0455. The number of rotatable bonds is 2. The highest BCUT2D eigenvalue weighted by Gasteiger charge is 2.04. The van der Waals surface area contributed by atoms with Crippen molar-refractivity contribution in [1.29, 1.82) is 0 Å². The summed E-state index contributed by atoms with van der Waals surface area (Å²) >= 11 is 0. The van der Waals surface area contributed by atoms with E-state index in [0.717, 1.165) is 16.8 Å². The van der Waals surface area contributed by atoms with Crippen molar-refractivity contribution >= 4 is 10.9 Å². The molecule has 0 fully saturated rings. The van der Waals surface area contributed by atoms with E-state index in [1.807, 2.05) is 12.1 Å². The van der Waals surface area contributed by atoms with Crippen molar-refractivity contribution in [3.63, 3.8) is 0 Å². The van der Waals surface area contributed by atoms with Crippen LogP contribution < -0.4 is 0 Å². The van der Waals surface area contributed by atoms with Gasteiger partial charge < -0.3 is 0 Å². The van der Waals surface area contributed by atoms with Gasteiger partial charge in [0.05, 0.1) is 11.2 Å². The molecule has 1 aromatic heterocycles. The lowest BCUT2D eigenvalue weighted by Crippen LogP contribution is -1.86. The number of aryl methyl sites for hydroxylation is 1. The first kappa shape index (κ1) is 13.7. The van der Waals surface area contributed by atoms with E-state index in [1.54, 1.807) is 0 Å². The fourth-order valence-corrected chi connectivity index (χ4v) is 2.83. The largest absolute Gasteiger partial charge is 0.248 e. The van der Waals surface area contributed by atoms with Gasteiger partial charge in [-0.1, -0.05) is 72.3 Å². The van der Waals surface area contributed by atoms with E-state index >= 15 is 0 Å². The summed E-state index contributed by atoms with van der Waals surface area (Å²) in [6.45, 7) is 2.11. The molecule has 0 amide bonds. The first-order valence-electron chi connectivity index (χ1n) is 7.83. The Labute approximate surface area is 136 Å². The molecule has 0 unspecified atom stereocenters. The van der Waals surface area contributed by atoms with Crippen LogP contribution in [-0.2, 0) is 0 Å². The normalized spacial score (nSPS) is 10.8. The van der Waals surface area contributed by atoms with E-state index in [-0.39, 0.29) is 0 Å². The zero-order chi connectivity index (χ0) is 15.6. The molecule has 4 aromatic rings. The summed E-state index contributed by atoms with van der Waals surface area (Å²) in [6.07, 6.45) is 0. The Balaban J connectivity index is 1.79. The number of aromatic nitrogens is 1. The quantitative estimate of drug-likeness (QED) is 0.450. The number of fused-ring (bicyclic) bond motifs is 1. The molecule has 0 atom stereocenters. The van der Waals surface area contributed by atoms with Crippen LogP contribution in [0.3, 0.4) is 0 Å². The standard InChI is InChI=1S/C22H17N/c1-16-9-11-17(12-10-16)19-6-4-7-20(15-19)22-14-13-18-5-2-3-8-21(18)23-22/h2-15H,1H3. The summed E-state index contributed by atoms with van der Waals surface area (Å²) in [5.74, 6) is 0. The topological polar surface area (TPSA) is 12.9 Å². The zero-order valence-corrected chi connectivity index (χ0v) is 13.0. The van der Waals surface area contributed by atoms with Gasteiger partial charge in [0.25, 0.3) is 0 Å².